The topological polar surface area (TPSA) is 159 Å². The van der Waals surface area contributed by atoms with E-state index in [1.54, 1.807) is 32.9 Å². The van der Waals surface area contributed by atoms with Crippen molar-refractivity contribution in [1.29, 1.82) is 0 Å². The Bertz CT molecular complexity index is 2330. The Morgan fingerprint density at radius 3 is 1.61 bits per heavy atom. The number of ether oxygens (including phenoxy) is 5. The standard InChI is InChI=1S/C51H60N2O10Si/c1-50(2,3)63-48(57)52-43(46(54)59-4)31-41-29-39(23-25-44(41)60-33-36-17-11-8-12-18-36)40-24-26-45(61-34-37-19-13-9-14-20-37)42(30-40)32-51(47(55)56,27-28-64(5,6)7)53-49(58)62-35-38-21-15-10-16-22-38/h8-26,29-30,43H,27-28,31-35H2,1-7H3,(H,52,57)(H,53,58)(H,55,56)/t43-,51+/m0/s1. The lowest BCUT2D eigenvalue weighted by molar-refractivity contribution is -0.145. The van der Waals surface area contributed by atoms with Crippen molar-refractivity contribution in [2.75, 3.05) is 7.11 Å². The van der Waals surface area contributed by atoms with E-state index in [-0.39, 0.29) is 39.1 Å². The summed E-state index contributed by atoms with van der Waals surface area (Å²) in [4.78, 5) is 53.3. The van der Waals surface area contributed by atoms with Crippen molar-refractivity contribution >= 4 is 32.2 Å². The molecule has 338 valence electrons. The van der Waals surface area contributed by atoms with Crippen LogP contribution in [0.15, 0.2) is 127 Å². The zero-order valence-corrected chi connectivity index (χ0v) is 38.8. The van der Waals surface area contributed by atoms with Gasteiger partial charge in [-0.2, -0.15) is 0 Å². The molecule has 64 heavy (non-hydrogen) atoms. The highest BCUT2D eigenvalue weighted by molar-refractivity contribution is 6.76. The minimum absolute atomic E-state index is 0.0111. The lowest BCUT2D eigenvalue weighted by Gasteiger charge is -2.33. The molecule has 0 aliphatic rings. The Kier molecular flexibility index (Phi) is 16.8. The van der Waals surface area contributed by atoms with Gasteiger partial charge in [0.2, 0.25) is 0 Å². The number of hydrogen-bond donors (Lipinski definition) is 3. The summed E-state index contributed by atoms with van der Waals surface area (Å²) in [6.07, 6.45) is -1.61. The van der Waals surface area contributed by atoms with E-state index >= 15 is 0 Å². The third-order valence-electron chi connectivity index (χ3n) is 10.3. The second-order valence-corrected chi connectivity index (χ2v) is 23.6. The van der Waals surface area contributed by atoms with E-state index in [0.717, 1.165) is 16.7 Å². The number of methoxy groups -OCH3 is 1. The number of carbonyl (C=O) groups excluding carboxylic acids is 3. The normalized spacial score (nSPS) is 12.8. The van der Waals surface area contributed by atoms with E-state index in [2.05, 4.69) is 30.3 Å². The van der Waals surface area contributed by atoms with Crippen LogP contribution in [0.5, 0.6) is 11.5 Å². The van der Waals surface area contributed by atoms with E-state index in [0.29, 0.717) is 39.8 Å². The van der Waals surface area contributed by atoms with Gasteiger partial charge in [0.15, 0.2) is 0 Å². The molecule has 12 nitrogen and oxygen atoms in total. The third-order valence-corrected chi connectivity index (χ3v) is 12.0. The maximum atomic E-state index is 13.6. The summed E-state index contributed by atoms with van der Waals surface area (Å²) in [6, 6.07) is 39.0. The average molecular weight is 889 g/mol. The van der Waals surface area contributed by atoms with E-state index in [1.807, 2.05) is 115 Å². The fraction of sp³-hybridized carbons (Fsp3) is 0.333. The number of rotatable bonds is 20. The van der Waals surface area contributed by atoms with Gasteiger partial charge in [-0.05, 0) is 90.4 Å². The van der Waals surface area contributed by atoms with Crippen molar-refractivity contribution in [2.24, 2.45) is 0 Å². The van der Waals surface area contributed by atoms with E-state index in [1.165, 1.54) is 7.11 Å². The molecule has 0 heterocycles. The van der Waals surface area contributed by atoms with Crippen LogP contribution in [0, 0.1) is 0 Å². The van der Waals surface area contributed by atoms with Gasteiger partial charge in [0.1, 0.15) is 48.5 Å². The molecule has 0 saturated carbocycles. The number of esters is 1. The predicted molar refractivity (Wildman–Crippen MR) is 249 cm³/mol. The Hall–Kier alpha value is -6.60. The van der Waals surface area contributed by atoms with Crippen molar-refractivity contribution < 1.29 is 48.0 Å². The molecule has 2 amide bonds. The maximum absolute atomic E-state index is 13.6. The van der Waals surface area contributed by atoms with Gasteiger partial charge in [0.05, 0.1) is 7.11 Å². The van der Waals surface area contributed by atoms with Gasteiger partial charge in [0.25, 0.3) is 0 Å². The van der Waals surface area contributed by atoms with Crippen LogP contribution in [-0.2, 0) is 56.5 Å². The molecule has 0 saturated heterocycles. The number of nitrogens with one attached hydrogen (secondary N) is 2. The Morgan fingerprint density at radius 1 is 0.656 bits per heavy atom. The van der Waals surface area contributed by atoms with Crippen LogP contribution in [0.2, 0.25) is 25.7 Å². The molecule has 0 fully saturated rings. The molecular weight excluding hydrogens is 829 g/mol. The van der Waals surface area contributed by atoms with Crippen molar-refractivity contribution in [3.05, 3.63) is 155 Å². The first-order valence-electron chi connectivity index (χ1n) is 21.3. The van der Waals surface area contributed by atoms with E-state index < -0.39 is 49.4 Å². The molecule has 5 aromatic carbocycles. The second-order valence-electron chi connectivity index (χ2n) is 17.9. The summed E-state index contributed by atoms with van der Waals surface area (Å²) in [7, 11) is -0.595. The smallest absolute Gasteiger partial charge is 0.408 e. The summed E-state index contributed by atoms with van der Waals surface area (Å²) in [5.74, 6) is -0.952. The van der Waals surface area contributed by atoms with Gasteiger partial charge in [-0.1, -0.05) is 129 Å². The quantitative estimate of drug-likeness (QED) is 0.0390. The first-order valence-corrected chi connectivity index (χ1v) is 25.0. The minimum atomic E-state index is -1.84. The molecule has 0 radical (unpaired) electrons. The van der Waals surface area contributed by atoms with Crippen LogP contribution in [-0.4, -0.2) is 61.6 Å². The average Bonchev–Trinajstić information content (AvgIpc) is 3.26. The fourth-order valence-corrected chi connectivity index (χ4v) is 8.05. The van der Waals surface area contributed by atoms with Gasteiger partial charge < -0.3 is 39.4 Å². The van der Waals surface area contributed by atoms with Crippen molar-refractivity contribution in [3.8, 4) is 22.6 Å². The Balaban J connectivity index is 1.57. The van der Waals surface area contributed by atoms with Crippen LogP contribution in [0.4, 0.5) is 9.59 Å². The fourth-order valence-electron chi connectivity index (χ4n) is 6.87. The molecule has 5 rings (SSSR count). The molecule has 13 heteroatoms. The van der Waals surface area contributed by atoms with Gasteiger partial charge >= 0.3 is 24.1 Å². The SMILES string of the molecule is COC(=O)[C@H](Cc1cc(-c2ccc(OCc3ccccc3)c(C[C@@](CC[Si](C)(C)C)(NC(=O)OCc3ccccc3)C(=O)O)c2)ccc1OCc1ccccc1)NC(=O)OC(C)(C)C. The lowest BCUT2D eigenvalue weighted by atomic mass is 9.86. The summed E-state index contributed by atoms with van der Waals surface area (Å²) in [6.45, 7) is 12.1. The Morgan fingerprint density at radius 2 is 1.14 bits per heavy atom. The number of hydrogen-bond acceptors (Lipinski definition) is 9. The van der Waals surface area contributed by atoms with E-state index in [9.17, 15) is 24.3 Å². The molecule has 0 aromatic heterocycles. The number of carboxylic acid groups (broad SMARTS) is 1. The number of aliphatic carboxylic acids is 1. The summed E-state index contributed by atoms with van der Waals surface area (Å²) in [5, 5.41) is 16.5. The van der Waals surface area contributed by atoms with Crippen molar-refractivity contribution in [1.82, 2.24) is 10.6 Å². The molecule has 0 bridgehead atoms. The number of carbonyl (C=O) groups is 4. The number of carboxylic acids is 1. The largest absolute Gasteiger partial charge is 0.489 e. The van der Waals surface area contributed by atoms with Gasteiger partial charge in [-0.25, -0.2) is 19.2 Å². The molecule has 0 unspecified atom stereocenters. The zero-order valence-electron chi connectivity index (χ0n) is 37.8. The summed E-state index contributed by atoms with van der Waals surface area (Å²) < 4.78 is 28.9. The van der Waals surface area contributed by atoms with E-state index in [4.69, 9.17) is 23.7 Å². The first kappa shape index (κ1) is 48.4. The highest BCUT2D eigenvalue weighted by Crippen LogP contribution is 2.35. The predicted octanol–water partition coefficient (Wildman–Crippen LogP) is 10.1. The van der Waals surface area contributed by atoms with Gasteiger partial charge in [-0.3, -0.25) is 0 Å². The van der Waals surface area contributed by atoms with Crippen LogP contribution in [0.25, 0.3) is 11.1 Å². The Labute approximate surface area is 377 Å². The summed E-state index contributed by atoms with van der Waals surface area (Å²) in [5.41, 5.74) is 2.56. The van der Waals surface area contributed by atoms with Crippen LogP contribution >= 0.6 is 0 Å². The van der Waals surface area contributed by atoms with Gasteiger partial charge in [-0.15, -0.1) is 0 Å². The highest BCUT2D eigenvalue weighted by Gasteiger charge is 2.42. The van der Waals surface area contributed by atoms with Crippen molar-refractivity contribution in [3.63, 3.8) is 0 Å². The number of benzene rings is 5. The maximum Gasteiger partial charge on any atom is 0.408 e. The van der Waals surface area contributed by atoms with Crippen molar-refractivity contribution in [2.45, 2.75) is 103 Å². The lowest BCUT2D eigenvalue weighted by Crippen LogP contribution is -2.57. The highest BCUT2D eigenvalue weighted by atomic mass is 28.3. The minimum Gasteiger partial charge on any atom is -0.489 e. The van der Waals surface area contributed by atoms with Crippen LogP contribution in [0.1, 0.15) is 55.0 Å². The van der Waals surface area contributed by atoms with Crippen LogP contribution in [0.3, 0.4) is 0 Å². The number of alkyl carbamates (subject to hydrolysis) is 2. The second kappa shape index (κ2) is 22.1. The summed E-state index contributed by atoms with van der Waals surface area (Å²) >= 11 is 0. The molecular formula is C51H60N2O10Si. The molecule has 0 aliphatic carbocycles. The number of amides is 2. The molecule has 2 atom stereocenters. The molecule has 0 aliphatic heterocycles. The van der Waals surface area contributed by atoms with Crippen LogP contribution < -0.4 is 20.1 Å². The molecule has 0 spiro atoms. The first-order chi connectivity index (χ1) is 30.4. The monoisotopic (exact) mass is 888 g/mol. The molecule has 3 N–H and O–H groups in total. The zero-order chi connectivity index (χ0) is 46.3. The van der Waals surface area contributed by atoms with Gasteiger partial charge in [0, 0.05) is 20.9 Å². The third kappa shape index (κ3) is 15.0. The molecule has 5 aromatic rings.